The number of rotatable bonds is 13. The van der Waals surface area contributed by atoms with E-state index in [0.717, 1.165) is 29.9 Å². The number of unbranched alkanes of at least 4 members (excludes halogenated alkanes) is 1. The Morgan fingerprint density at radius 3 is 2.35 bits per heavy atom. The van der Waals surface area contributed by atoms with E-state index in [2.05, 4.69) is 0 Å². The molecule has 13 heteroatoms. The molecule has 0 radical (unpaired) electrons. The average molecular weight is 620 g/mol. The van der Waals surface area contributed by atoms with Crippen molar-refractivity contribution in [3.05, 3.63) is 53.6 Å². The Labute approximate surface area is 254 Å². The van der Waals surface area contributed by atoms with Crippen molar-refractivity contribution in [2.24, 2.45) is 11.5 Å². The van der Waals surface area contributed by atoms with Crippen LogP contribution in [0.1, 0.15) is 64.0 Å². The van der Waals surface area contributed by atoms with Gasteiger partial charge < -0.3 is 25.8 Å². The zero-order valence-electron chi connectivity index (χ0n) is 24.3. The quantitative estimate of drug-likeness (QED) is 0.180. The molecule has 0 bridgehead atoms. The van der Waals surface area contributed by atoms with Crippen molar-refractivity contribution in [3.8, 4) is 11.8 Å². The number of hydrogen-bond donors (Lipinski definition) is 2. The summed E-state index contributed by atoms with van der Waals surface area (Å²) in [6.07, 6.45) is -2.03. The Hall–Kier alpha value is -3.73. The molecule has 1 unspecified atom stereocenters. The number of anilines is 2. The molecule has 0 aliphatic carbocycles. The molecule has 3 rings (SSSR count). The van der Waals surface area contributed by atoms with Crippen LogP contribution >= 0.6 is 12.2 Å². The van der Waals surface area contributed by atoms with Crippen LogP contribution in [0.4, 0.5) is 24.5 Å². The van der Waals surface area contributed by atoms with E-state index in [1.165, 1.54) is 12.1 Å². The highest BCUT2D eigenvalue weighted by molar-refractivity contribution is 7.81. The zero-order valence-corrected chi connectivity index (χ0v) is 25.1. The molecule has 232 valence electrons. The monoisotopic (exact) mass is 619 g/mol. The van der Waals surface area contributed by atoms with Crippen molar-refractivity contribution in [2.45, 2.75) is 76.7 Å². The van der Waals surface area contributed by atoms with Crippen molar-refractivity contribution in [1.82, 2.24) is 0 Å². The third-order valence-electron chi connectivity index (χ3n) is 7.17. The molecule has 2 atom stereocenters. The van der Waals surface area contributed by atoms with Gasteiger partial charge in [-0.05, 0) is 94.3 Å². The highest BCUT2D eigenvalue weighted by Gasteiger charge is 2.50. The van der Waals surface area contributed by atoms with Crippen LogP contribution in [0.2, 0.25) is 0 Å². The van der Waals surface area contributed by atoms with Crippen molar-refractivity contribution in [1.29, 1.82) is 5.26 Å². The molecule has 1 fully saturated rings. The lowest BCUT2D eigenvalue weighted by molar-refractivity contribution is -0.151. The van der Waals surface area contributed by atoms with E-state index in [9.17, 15) is 22.8 Å². The van der Waals surface area contributed by atoms with Gasteiger partial charge in [-0.25, -0.2) is 0 Å². The molecule has 1 heterocycles. The van der Waals surface area contributed by atoms with Gasteiger partial charge >= 0.3 is 12.1 Å². The predicted molar refractivity (Wildman–Crippen MR) is 160 cm³/mol. The fraction of sp³-hybridized carbons (Fsp3) is 0.467. The summed E-state index contributed by atoms with van der Waals surface area (Å²) in [4.78, 5) is 28.3. The van der Waals surface area contributed by atoms with Gasteiger partial charge in [0.2, 0.25) is 0 Å². The fourth-order valence-electron chi connectivity index (χ4n) is 4.68. The van der Waals surface area contributed by atoms with Gasteiger partial charge in [0.25, 0.3) is 5.91 Å². The maximum absolute atomic E-state index is 13.6. The van der Waals surface area contributed by atoms with Crippen LogP contribution in [0.15, 0.2) is 42.5 Å². The van der Waals surface area contributed by atoms with Crippen LogP contribution in [0.3, 0.4) is 0 Å². The molecule has 1 aliphatic heterocycles. The summed E-state index contributed by atoms with van der Waals surface area (Å²) in [5.74, 6) is -0.442. The number of nitrogens with two attached hydrogens (primary N) is 2. The number of ether oxygens (including phenoxy) is 2. The first-order valence-electron chi connectivity index (χ1n) is 13.9. The molecule has 1 amide bonds. The average Bonchev–Trinajstić information content (AvgIpc) is 3.14. The van der Waals surface area contributed by atoms with Crippen LogP contribution in [0.5, 0.6) is 5.75 Å². The Balaban J connectivity index is 1.68. The van der Waals surface area contributed by atoms with Gasteiger partial charge in [-0.2, -0.15) is 18.4 Å². The van der Waals surface area contributed by atoms with Gasteiger partial charge in [0, 0.05) is 12.1 Å². The van der Waals surface area contributed by atoms with Gasteiger partial charge in [-0.1, -0.05) is 13.3 Å². The molecule has 0 saturated carbocycles. The number of hydrogen-bond acceptors (Lipinski definition) is 8. The van der Waals surface area contributed by atoms with Gasteiger partial charge in [-0.15, -0.1) is 0 Å². The van der Waals surface area contributed by atoms with Gasteiger partial charge in [0.1, 0.15) is 23.4 Å². The van der Waals surface area contributed by atoms with E-state index in [4.69, 9.17) is 38.4 Å². The Morgan fingerprint density at radius 1 is 1.12 bits per heavy atom. The molecule has 1 saturated heterocycles. The van der Waals surface area contributed by atoms with E-state index >= 15 is 0 Å². The fourth-order valence-corrected chi connectivity index (χ4v) is 5.21. The minimum Gasteiger partial charge on any atom is -0.493 e. The van der Waals surface area contributed by atoms with E-state index in [-0.39, 0.29) is 23.5 Å². The molecule has 2 aromatic carbocycles. The summed E-state index contributed by atoms with van der Waals surface area (Å²) < 4.78 is 52.1. The number of esters is 1. The normalized spacial score (nSPS) is 16.2. The molecule has 1 aliphatic rings. The number of benzene rings is 2. The second-order valence-corrected chi connectivity index (χ2v) is 11.0. The number of carbonyl (C=O) groups is 2. The Morgan fingerprint density at radius 2 is 1.77 bits per heavy atom. The van der Waals surface area contributed by atoms with E-state index in [1.54, 1.807) is 43.0 Å². The Kier molecular flexibility index (Phi) is 11.1. The standard InChI is InChI=1S/C30H36F3N5O4S/c1-4-22(42-26(39)25(36)7-5-6-15-34)14-16-41-23-12-10-20(11-13-23)38-28(43)37(27(40)29(38,2)3)21-9-8-19(18-35)24(17-21)30(31,32)33/h8-13,17,22,25H,4-7,14-16,34,36H2,1-3H3/t22?,25-/m0/s1. The van der Waals surface area contributed by atoms with Crippen molar-refractivity contribution in [2.75, 3.05) is 23.0 Å². The lowest BCUT2D eigenvalue weighted by atomic mass is 10.0. The Bertz CT molecular complexity index is 1360. The maximum atomic E-state index is 13.6. The summed E-state index contributed by atoms with van der Waals surface area (Å²) in [6.45, 7) is 5.96. The molecule has 2 aromatic rings. The van der Waals surface area contributed by atoms with Crippen LogP contribution in [0, 0.1) is 11.3 Å². The number of carbonyl (C=O) groups excluding carboxylic acids is 2. The molecular formula is C30H36F3N5O4S. The zero-order chi connectivity index (χ0) is 31.9. The van der Waals surface area contributed by atoms with E-state index < -0.39 is 40.8 Å². The first kappa shape index (κ1) is 33.8. The summed E-state index contributed by atoms with van der Waals surface area (Å²) >= 11 is 5.57. The minimum atomic E-state index is -4.79. The molecule has 0 aromatic heterocycles. The van der Waals surface area contributed by atoms with Gasteiger partial charge in [0.05, 0.1) is 29.5 Å². The van der Waals surface area contributed by atoms with Crippen LogP contribution in [-0.4, -0.2) is 47.8 Å². The molecular weight excluding hydrogens is 583 g/mol. The molecule has 43 heavy (non-hydrogen) atoms. The second kappa shape index (κ2) is 14.2. The first-order chi connectivity index (χ1) is 20.3. The SMILES string of the molecule is CCC(CCOc1ccc(N2C(=S)N(c3ccc(C#N)c(C(F)(F)F)c3)C(=O)C2(C)C)cc1)OC(=O)[C@@H](N)CCCCN. The third-order valence-corrected chi connectivity index (χ3v) is 7.53. The first-order valence-corrected chi connectivity index (χ1v) is 14.4. The summed E-state index contributed by atoms with van der Waals surface area (Å²) in [5.41, 5.74) is 8.94. The lowest BCUT2D eigenvalue weighted by Gasteiger charge is -2.29. The van der Waals surface area contributed by atoms with E-state index in [1.807, 2.05) is 6.92 Å². The number of nitrogens with zero attached hydrogens (tertiary/aromatic N) is 3. The molecule has 0 spiro atoms. The smallest absolute Gasteiger partial charge is 0.417 e. The van der Waals surface area contributed by atoms with Gasteiger partial charge in [-0.3, -0.25) is 14.5 Å². The number of halogens is 3. The topological polar surface area (TPSA) is 135 Å². The highest BCUT2D eigenvalue weighted by Crippen LogP contribution is 2.40. The molecule has 9 nitrogen and oxygen atoms in total. The lowest BCUT2D eigenvalue weighted by Crippen LogP contribution is -2.44. The number of nitriles is 1. The number of amides is 1. The summed E-state index contributed by atoms with van der Waals surface area (Å²) in [6, 6.07) is 10.7. The number of alkyl halides is 3. The largest absolute Gasteiger partial charge is 0.493 e. The van der Waals surface area contributed by atoms with Crippen LogP contribution < -0.4 is 26.0 Å². The third kappa shape index (κ3) is 7.81. The van der Waals surface area contributed by atoms with Crippen molar-refractivity contribution in [3.63, 3.8) is 0 Å². The maximum Gasteiger partial charge on any atom is 0.417 e. The molecule has 4 N–H and O–H groups in total. The summed E-state index contributed by atoms with van der Waals surface area (Å²) in [5, 5.41) is 9.11. The highest BCUT2D eigenvalue weighted by atomic mass is 32.1. The van der Waals surface area contributed by atoms with E-state index in [0.29, 0.717) is 37.2 Å². The van der Waals surface area contributed by atoms with Crippen molar-refractivity contribution >= 4 is 40.6 Å². The van der Waals surface area contributed by atoms with Crippen molar-refractivity contribution < 1.29 is 32.2 Å². The predicted octanol–water partition coefficient (Wildman–Crippen LogP) is 5.04. The van der Waals surface area contributed by atoms with Crippen LogP contribution in [-0.2, 0) is 20.5 Å². The second-order valence-electron chi connectivity index (χ2n) is 10.6. The van der Waals surface area contributed by atoms with Gasteiger partial charge in [0.15, 0.2) is 5.11 Å². The number of thiocarbonyl (C=S) groups is 1. The minimum absolute atomic E-state index is 0.00432. The summed E-state index contributed by atoms with van der Waals surface area (Å²) in [7, 11) is 0. The van der Waals surface area contributed by atoms with Crippen LogP contribution in [0.25, 0.3) is 0 Å².